The number of aromatic nitrogens is 6. The van der Waals surface area contributed by atoms with Crippen molar-refractivity contribution in [2.24, 2.45) is 0 Å². The number of anilines is 2. The summed E-state index contributed by atoms with van der Waals surface area (Å²) in [7, 11) is -10.6. The van der Waals surface area contributed by atoms with E-state index in [9.17, 15) is 48.1 Å². The summed E-state index contributed by atoms with van der Waals surface area (Å²) in [6.45, 7) is 1.20. The minimum Gasteiger partial charge on any atom is -0.756 e. The molecule has 2 aliphatic heterocycles. The summed E-state index contributed by atoms with van der Waals surface area (Å²) in [5, 5.41) is 16.7. The molecule has 10 atom stereocenters. The van der Waals surface area contributed by atoms with Gasteiger partial charge in [-0.15, -0.1) is 6.58 Å². The van der Waals surface area contributed by atoms with Gasteiger partial charge in [-0.25, -0.2) is 29.1 Å². The lowest BCUT2D eigenvalue weighted by molar-refractivity contribution is -0.222. The Hall–Kier alpha value is -5.50. The molecule has 4 unspecified atom stereocenters. The van der Waals surface area contributed by atoms with Gasteiger partial charge in [0.25, 0.3) is 7.82 Å². The molecule has 1 aromatic carbocycles. The van der Waals surface area contributed by atoms with Crippen molar-refractivity contribution in [2.75, 3.05) is 31.2 Å². The molecule has 28 heteroatoms. The number of nitrogen functional groups attached to an aromatic ring is 2. The summed E-state index contributed by atoms with van der Waals surface area (Å²) < 4.78 is 59.8. The zero-order chi connectivity index (χ0) is 45.5. The molecular formula is C35H43N10O16P2-. The first-order chi connectivity index (χ1) is 29.9. The number of carbonyl (C=O) groups is 3. The predicted molar refractivity (Wildman–Crippen MR) is 212 cm³/mol. The Morgan fingerprint density at radius 2 is 1.78 bits per heavy atom. The highest BCUT2D eigenvalue weighted by Gasteiger charge is 2.50. The van der Waals surface area contributed by atoms with Gasteiger partial charge in [0.05, 0.1) is 26.1 Å². The van der Waals surface area contributed by atoms with Gasteiger partial charge in [0.15, 0.2) is 23.8 Å². The molecule has 0 bridgehead atoms. The second kappa shape index (κ2) is 20.3. The molecule has 340 valence electrons. The minimum atomic E-state index is -5.34. The summed E-state index contributed by atoms with van der Waals surface area (Å²) >= 11 is 0. The Kier molecular flexibility index (Phi) is 15.2. The van der Waals surface area contributed by atoms with E-state index in [-0.39, 0.29) is 42.1 Å². The third-order valence-corrected chi connectivity index (χ3v) is 11.0. The minimum absolute atomic E-state index is 0.0136. The van der Waals surface area contributed by atoms with Crippen LogP contribution in [0.3, 0.4) is 0 Å². The largest absolute Gasteiger partial charge is 0.756 e. The summed E-state index contributed by atoms with van der Waals surface area (Å²) in [4.78, 5) is 99.1. The fourth-order valence-electron chi connectivity index (χ4n) is 6.60. The van der Waals surface area contributed by atoms with Crippen LogP contribution in [-0.2, 0) is 57.7 Å². The van der Waals surface area contributed by atoms with Crippen LogP contribution in [-0.4, -0.2) is 118 Å². The zero-order valence-electron chi connectivity index (χ0n) is 32.9. The molecule has 3 aromatic heterocycles. The number of allylic oxidation sites excluding steroid dienone is 1. The van der Waals surface area contributed by atoms with Crippen LogP contribution in [0, 0.1) is 0 Å². The lowest BCUT2D eigenvalue weighted by Gasteiger charge is -2.26. The van der Waals surface area contributed by atoms with Gasteiger partial charge < -0.3 is 60.6 Å². The van der Waals surface area contributed by atoms with E-state index in [0.717, 1.165) is 10.9 Å². The van der Waals surface area contributed by atoms with Gasteiger partial charge in [0.1, 0.15) is 54.3 Å². The Balaban J connectivity index is 1.22. The third kappa shape index (κ3) is 12.4. The second-order valence-electron chi connectivity index (χ2n) is 14.0. The number of carbonyl (C=O) groups excluding carboxylic acids is 3. The van der Waals surface area contributed by atoms with Crippen molar-refractivity contribution in [2.45, 2.75) is 74.7 Å². The van der Waals surface area contributed by atoms with Crippen molar-refractivity contribution < 1.29 is 71.1 Å². The van der Waals surface area contributed by atoms with Crippen LogP contribution < -0.4 is 32.7 Å². The molecule has 2 aliphatic rings. The standard InChI is InChI=1S/C35H44N10O16P2/c1-2-3-9-25(46)38-14-26(47)42-20(12-19-7-5-4-6-8-19)34(49)60-30-23(59-33(29(30)48)45-18-41-28-31(37)39-17-40-32(28)45)16-57-63(54,55)61-21-13-27(44-11-10-24(36)43-35(44)50)58-22(21)15-56-62(51,52)53/h2,4-8,10-11,17-18,20-23,27,29-30,33,48H,1,3,9,12-16H2,(H,38,46)(H,42,47)(H,54,55)(H2,36,43,50)(H2,37,39,40)(H2,51,52,53)/p-1/t20-,21?,22+,23+,27+,29-,30?,33+/m0/s1. The maximum atomic E-state index is 14.0. The van der Waals surface area contributed by atoms with Gasteiger partial charge in [-0.2, -0.15) is 4.98 Å². The van der Waals surface area contributed by atoms with Crippen molar-refractivity contribution in [1.29, 1.82) is 0 Å². The molecular weight excluding hydrogens is 878 g/mol. The van der Waals surface area contributed by atoms with E-state index in [1.807, 2.05) is 0 Å². The number of benzene rings is 1. The predicted octanol–water partition coefficient (Wildman–Crippen LogP) is -1.51. The first-order valence-corrected chi connectivity index (χ1v) is 21.9. The van der Waals surface area contributed by atoms with Crippen LogP contribution in [0.4, 0.5) is 11.6 Å². The van der Waals surface area contributed by atoms with Gasteiger partial charge in [0.2, 0.25) is 11.8 Å². The highest BCUT2D eigenvalue weighted by Crippen LogP contribution is 2.49. The molecule has 0 saturated carbocycles. The lowest BCUT2D eigenvalue weighted by Crippen LogP contribution is -2.49. The molecule has 5 heterocycles. The number of ether oxygens (including phenoxy) is 3. The molecule has 0 radical (unpaired) electrons. The van der Waals surface area contributed by atoms with Gasteiger partial charge >= 0.3 is 19.5 Å². The Labute approximate surface area is 356 Å². The fraction of sp³-hybridized carbons (Fsp3) is 0.429. The number of phosphoric ester groups is 2. The third-order valence-electron chi connectivity index (χ3n) is 9.56. The van der Waals surface area contributed by atoms with Crippen molar-refractivity contribution >= 4 is 56.2 Å². The molecule has 2 saturated heterocycles. The SMILES string of the molecule is C=CCCC(=O)NCC(=O)N[C@@H](Cc1ccccc1)C(=O)OC1[C@@H](COP(=O)(O)OC2C[C@H](n3ccc(N)nc3=O)O[C@@H]2COP(=O)([O-])O)O[C@@H](n2cnc3c(N)ncnc32)[C@H]1O. The van der Waals surface area contributed by atoms with Gasteiger partial charge in [-0.3, -0.25) is 32.3 Å². The summed E-state index contributed by atoms with van der Waals surface area (Å²) in [5.74, 6) is -2.41. The summed E-state index contributed by atoms with van der Waals surface area (Å²) in [6.07, 6.45) is -5.76. The van der Waals surface area contributed by atoms with Crippen LogP contribution in [0.2, 0.25) is 0 Å². The molecule has 26 nitrogen and oxygen atoms in total. The van der Waals surface area contributed by atoms with Crippen molar-refractivity contribution in [3.05, 3.63) is 84.0 Å². The number of aliphatic hydroxyl groups is 1. The number of nitrogens with two attached hydrogens (primary N) is 2. The maximum Gasteiger partial charge on any atom is 0.472 e. The van der Waals surface area contributed by atoms with Crippen LogP contribution in [0.1, 0.15) is 37.3 Å². The van der Waals surface area contributed by atoms with Gasteiger partial charge in [0, 0.05) is 25.5 Å². The highest BCUT2D eigenvalue weighted by atomic mass is 31.2. The molecule has 0 spiro atoms. The lowest BCUT2D eigenvalue weighted by atomic mass is 10.1. The number of nitrogens with zero attached hydrogens (tertiary/aromatic N) is 6. The fourth-order valence-corrected chi connectivity index (χ4v) is 7.90. The number of phosphoric acid groups is 2. The Morgan fingerprint density at radius 1 is 1.03 bits per heavy atom. The molecule has 6 rings (SSSR count). The highest BCUT2D eigenvalue weighted by molar-refractivity contribution is 7.47. The van der Waals surface area contributed by atoms with Crippen molar-refractivity contribution in [3.63, 3.8) is 0 Å². The monoisotopic (exact) mass is 921 g/mol. The Morgan fingerprint density at radius 3 is 2.49 bits per heavy atom. The molecule has 63 heavy (non-hydrogen) atoms. The smallest absolute Gasteiger partial charge is 0.472 e. The van der Waals surface area contributed by atoms with E-state index in [1.54, 1.807) is 30.3 Å². The van der Waals surface area contributed by atoms with E-state index >= 15 is 0 Å². The number of amides is 2. The molecule has 4 aromatic rings. The quantitative estimate of drug-likeness (QED) is 0.0301. The topological polar surface area (TPSA) is 379 Å². The van der Waals surface area contributed by atoms with E-state index in [1.165, 1.54) is 29.2 Å². The number of fused-ring (bicyclic) bond motifs is 1. The Bertz CT molecular complexity index is 2440. The molecule has 0 aliphatic carbocycles. The first kappa shape index (κ1) is 47.0. The molecule has 2 amide bonds. The number of hydrogen-bond donors (Lipinski definition) is 7. The van der Waals surface area contributed by atoms with E-state index in [0.29, 0.717) is 12.0 Å². The molecule has 2 fully saturated rings. The number of hydrogen-bond acceptors (Lipinski definition) is 20. The van der Waals surface area contributed by atoms with Crippen molar-refractivity contribution in [3.8, 4) is 0 Å². The van der Waals surface area contributed by atoms with Crippen molar-refractivity contribution in [1.82, 2.24) is 39.7 Å². The molecule has 9 N–H and O–H groups in total. The van der Waals surface area contributed by atoms with Gasteiger partial charge in [-0.1, -0.05) is 36.4 Å². The second-order valence-corrected chi connectivity index (χ2v) is 16.6. The van der Waals surface area contributed by atoms with Crippen LogP contribution in [0.5, 0.6) is 0 Å². The van der Waals surface area contributed by atoms with Crippen LogP contribution in [0.15, 0.2) is 72.7 Å². The number of nitrogens with one attached hydrogen (secondary N) is 2. The van der Waals surface area contributed by atoms with E-state index in [4.69, 9.17) is 34.7 Å². The van der Waals surface area contributed by atoms with E-state index in [2.05, 4.69) is 41.7 Å². The average Bonchev–Trinajstić information content (AvgIpc) is 3.92. The van der Waals surface area contributed by atoms with Crippen LogP contribution >= 0.6 is 15.6 Å². The maximum absolute atomic E-state index is 14.0. The van der Waals surface area contributed by atoms with E-state index < -0.39 is 108 Å². The first-order valence-electron chi connectivity index (χ1n) is 18.9. The number of aliphatic hydroxyl groups excluding tert-OH is 1. The zero-order valence-corrected chi connectivity index (χ0v) is 34.7. The summed E-state index contributed by atoms with van der Waals surface area (Å²) in [5.41, 5.74) is 11.4. The number of esters is 1. The normalized spacial score (nSPS) is 24.5. The number of rotatable bonds is 20. The average molecular weight is 922 g/mol. The number of imidazole rings is 1. The van der Waals surface area contributed by atoms with Gasteiger partial charge in [-0.05, 0) is 18.1 Å². The summed E-state index contributed by atoms with van der Waals surface area (Å²) in [6, 6.07) is 8.35. The van der Waals surface area contributed by atoms with Crippen LogP contribution in [0.25, 0.3) is 11.2 Å².